The molecular weight excluding hydrogens is 374 g/mol. The third-order valence-corrected chi connectivity index (χ3v) is 5.37. The Morgan fingerprint density at radius 2 is 1.83 bits per heavy atom. The number of Topliss-reactive ketones (excluding diaryl/α,β-unsaturated/α-hetero) is 1. The van der Waals surface area contributed by atoms with Crippen molar-refractivity contribution in [1.82, 2.24) is 9.97 Å². The lowest BCUT2D eigenvalue weighted by molar-refractivity contribution is -0.118. The fraction of sp³-hybridized carbons (Fsp3) is 0.280. The molecular formula is C25H27N3O2. The summed E-state index contributed by atoms with van der Waals surface area (Å²) in [6.07, 6.45) is 5.04. The highest BCUT2D eigenvalue weighted by Crippen LogP contribution is 2.27. The third kappa shape index (κ3) is 4.79. The minimum Gasteiger partial charge on any atom is -0.316 e. The summed E-state index contributed by atoms with van der Waals surface area (Å²) in [5.41, 5.74) is 6.42. The molecule has 0 aliphatic heterocycles. The Bertz CT molecular complexity index is 1060. The number of carbonyl (C=O) groups is 2. The van der Waals surface area contributed by atoms with Crippen LogP contribution in [0.15, 0.2) is 54.9 Å². The van der Waals surface area contributed by atoms with Crippen LogP contribution in [-0.2, 0) is 11.2 Å². The van der Waals surface area contributed by atoms with E-state index in [0.717, 1.165) is 33.6 Å². The molecule has 3 rings (SSSR count). The van der Waals surface area contributed by atoms with Gasteiger partial charge in [0.05, 0.1) is 0 Å². The Morgan fingerprint density at radius 3 is 2.47 bits per heavy atom. The topological polar surface area (TPSA) is 63.2 Å². The van der Waals surface area contributed by atoms with E-state index in [2.05, 4.69) is 9.97 Å². The summed E-state index contributed by atoms with van der Waals surface area (Å²) < 4.78 is 0. The first-order valence-electron chi connectivity index (χ1n) is 10.2. The lowest BCUT2D eigenvalue weighted by atomic mass is 10.00. The van der Waals surface area contributed by atoms with Crippen LogP contribution in [0.25, 0.3) is 11.1 Å². The van der Waals surface area contributed by atoms with Gasteiger partial charge in [-0.2, -0.15) is 0 Å². The van der Waals surface area contributed by atoms with E-state index in [1.165, 1.54) is 0 Å². The molecule has 0 saturated carbocycles. The molecule has 30 heavy (non-hydrogen) atoms. The fourth-order valence-electron chi connectivity index (χ4n) is 3.44. The monoisotopic (exact) mass is 401 g/mol. The van der Waals surface area contributed by atoms with Crippen LogP contribution < -0.4 is 4.90 Å². The molecule has 3 aromatic rings. The van der Waals surface area contributed by atoms with Gasteiger partial charge in [0.25, 0.3) is 0 Å². The van der Waals surface area contributed by atoms with E-state index in [-0.39, 0.29) is 11.7 Å². The third-order valence-electron chi connectivity index (χ3n) is 5.37. The maximum Gasteiger partial charge on any atom is 0.226 e. The molecule has 0 aliphatic rings. The molecule has 0 N–H and O–H groups in total. The summed E-state index contributed by atoms with van der Waals surface area (Å²) in [6.45, 7) is 5.82. The van der Waals surface area contributed by atoms with Crippen LogP contribution in [-0.4, -0.2) is 28.7 Å². The second kappa shape index (κ2) is 9.44. The Morgan fingerprint density at radius 1 is 1.03 bits per heavy atom. The zero-order chi connectivity index (χ0) is 21.7. The standard InChI is InChI=1S/C25H27N3O2/c1-5-25(30)28(4)21-10-11-22(17(2)15-21)20-8-12-23(27-16-20)24(29)13-9-19-7-6-14-26-18(19)3/h6-8,10-12,14-16H,5,9,13H2,1-4H3. The van der Waals surface area contributed by atoms with Crippen LogP contribution >= 0.6 is 0 Å². The number of ketones is 1. The van der Waals surface area contributed by atoms with Gasteiger partial charge in [-0.05, 0) is 61.2 Å². The van der Waals surface area contributed by atoms with E-state index in [9.17, 15) is 9.59 Å². The molecule has 5 nitrogen and oxygen atoms in total. The Labute approximate surface area is 177 Å². The van der Waals surface area contributed by atoms with E-state index >= 15 is 0 Å². The van der Waals surface area contributed by atoms with Crippen LogP contribution in [0.4, 0.5) is 5.69 Å². The van der Waals surface area contributed by atoms with Crippen LogP contribution in [0.2, 0.25) is 0 Å². The van der Waals surface area contributed by atoms with Crippen LogP contribution in [0, 0.1) is 13.8 Å². The zero-order valence-electron chi connectivity index (χ0n) is 18.0. The number of hydrogen-bond donors (Lipinski definition) is 0. The highest BCUT2D eigenvalue weighted by Gasteiger charge is 2.12. The molecule has 2 aromatic heterocycles. The molecule has 0 saturated heterocycles. The first-order chi connectivity index (χ1) is 14.4. The first-order valence-corrected chi connectivity index (χ1v) is 10.2. The molecule has 154 valence electrons. The molecule has 5 heteroatoms. The summed E-state index contributed by atoms with van der Waals surface area (Å²) >= 11 is 0. The average molecular weight is 402 g/mol. The van der Waals surface area contributed by atoms with Gasteiger partial charge in [0.2, 0.25) is 5.91 Å². The summed E-state index contributed by atoms with van der Waals surface area (Å²) in [7, 11) is 1.79. The number of carbonyl (C=O) groups excluding carboxylic acids is 2. The van der Waals surface area contributed by atoms with Crippen molar-refractivity contribution in [2.75, 3.05) is 11.9 Å². The quantitative estimate of drug-likeness (QED) is 0.526. The smallest absolute Gasteiger partial charge is 0.226 e. The molecule has 2 heterocycles. The Kier molecular flexibility index (Phi) is 6.72. The number of benzene rings is 1. The molecule has 1 aromatic carbocycles. The molecule has 0 bridgehead atoms. The van der Waals surface area contributed by atoms with Crippen molar-refractivity contribution in [3.63, 3.8) is 0 Å². The number of pyridine rings is 2. The van der Waals surface area contributed by atoms with Gasteiger partial charge in [-0.1, -0.05) is 25.1 Å². The fourth-order valence-corrected chi connectivity index (χ4v) is 3.44. The molecule has 0 radical (unpaired) electrons. The summed E-state index contributed by atoms with van der Waals surface area (Å²) in [5.74, 6) is 0.102. The molecule has 0 aliphatic carbocycles. The van der Waals surface area contributed by atoms with Crippen LogP contribution in [0.5, 0.6) is 0 Å². The largest absolute Gasteiger partial charge is 0.316 e. The van der Waals surface area contributed by atoms with E-state index in [0.29, 0.717) is 25.0 Å². The number of aromatic nitrogens is 2. The van der Waals surface area contributed by atoms with Gasteiger partial charge >= 0.3 is 0 Å². The Balaban J connectivity index is 1.71. The molecule has 1 amide bonds. The van der Waals surface area contributed by atoms with Crippen molar-refractivity contribution in [3.05, 3.63) is 77.4 Å². The molecule has 0 unspecified atom stereocenters. The average Bonchev–Trinajstić information content (AvgIpc) is 2.77. The van der Waals surface area contributed by atoms with Crippen molar-refractivity contribution >= 4 is 17.4 Å². The van der Waals surface area contributed by atoms with Crippen molar-refractivity contribution in [2.45, 2.75) is 40.0 Å². The SMILES string of the molecule is CCC(=O)N(C)c1ccc(-c2ccc(C(=O)CCc3cccnc3C)nc2)c(C)c1. The van der Waals surface area contributed by atoms with E-state index in [1.807, 2.05) is 57.2 Å². The molecule has 0 fully saturated rings. The summed E-state index contributed by atoms with van der Waals surface area (Å²) in [4.78, 5) is 34.8. The van der Waals surface area contributed by atoms with Crippen molar-refractivity contribution in [3.8, 4) is 11.1 Å². The van der Waals surface area contributed by atoms with Gasteiger partial charge in [0.1, 0.15) is 5.69 Å². The van der Waals surface area contributed by atoms with E-state index in [4.69, 9.17) is 0 Å². The minimum absolute atomic E-state index is 0.0246. The minimum atomic E-state index is 0.0246. The number of hydrogen-bond acceptors (Lipinski definition) is 4. The van der Waals surface area contributed by atoms with E-state index in [1.54, 1.807) is 30.4 Å². The predicted octanol–water partition coefficient (Wildman–Crippen LogP) is 4.95. The lowest BCUT2D eigenvalue weighted by Gasteiger charge is -2.18. The van der Waals surface area contributed by atoms with Gasteiger partial charge < -0.3 is 4.90 Å². The van der Waals surface area contributed by atoms with Crippen molar-refractivity contribution < 1.29 is 9.59 Å². The van der Waals surface area contributed by atoms with Crippen molar-refractivity contribution in [2.24, 2.45) is 0 Å². The van der Waals surface area contributed by atoms with Gasteiger partial charge in [-0.25, -0.2) is 0 Å². The number of anilines is 1. The summed E-state index contributed by atoms with van der Waals surface area (Å²) in [6, 6.07) is 13.5. The number of aryl methyl sites for hydroxylation is 3. The zero-order valence-corrected chi connectivity index (χ0v) is 18.0. The molecule has 0 atom stereocenters. The van der Waals surface area contributed by atoms with E-state index < -0.39 is 0 Å². The van der Waals surface area contributed by atoms with Crippen molar-refractivity contribution in [1.29, 1.82) is 0 Å². The normalized spacial score (nSPS) is 10.7. The molecule has 0 spiro atoms. The number of nitrogens with zero attached hydrogens (tertiary/aromatic N) is 3. The van der Waals surface area contributed by atoms with Gasteiger partial charge in [-0.3, -0.25) is 19.6 Å². The first kappa shape index (κ1) is 21.4. The number of rotatable bonds is 7. The van der Waals surface area contributed by atoms with Gasteiger partial charge in [-0.15, -0.1) is 0 Å². The highest BCUT2D eigenvalue weighted by molar-refractivity contribution is 5.95. The van der Waals surface area contributed by atoms with Crippen LogP contribution in [0.3, 0.4) is 0 Å². The predicted molar refractivity (Wildman–Crippen MR) is 120 cm³/mol. The van der Waals surface area contributed by atoms with Gasteiger partial charge in [0.15, 0.2) is 5.78 Å². The van der Waals surface area contributed by atoms with Gasteiger partial charge in [0, 0.05) is 49.2 Å². The Hall–Kier alpha value is -3.34. The highest BCUT2D eigenvalue weighted by atomic mass is 16.2. The second-order valence-electron chi connectivity index (χ2n) is 7.41. The lowest BCUT2D eigenvalue weighted by Crippen LogP contribution is -2.25. The number of amides is 1. The maximum atomic E-state index is 12.5. The maximum absolute atomic E-state index is 12.5. The summed E-state index contributed by atoms with van der Waals surface area (Å²) in [5, 5.41) is 0. The second-order valence-corrected chi connectivity index (χ2v) is 7.41. The van der Waals surface area contributed by atoms with Crippen LogP contribution in [0.1, 0.15) is 47.1 Å².